The number of carbonyl (C=O) groups excluding carboxylic acids is 1. The zero-order chi connectivity index (χ0) is 27.7. The van der Waals surface area contributed by atoms with E-state index in [0.29, 0.717) is 17.2 Å². The SMILES string of the molecule is CCN(c1ncc(-c2cccs2)cc1CN1C(=O)OC(c2cc(C)cc(C(F)(F)F)c2)[C@@H]1C)C1CCCCC1. The zero-order valence-corrected chi connectivity index (χ0v) is 23.3. The smallest absolute Gasteiger partial charge is 0.416 e. The number of ether oxygens (including phenoxy) is 1. The van der Waals surface area contributed by atoms with Crippen molar-refractivity contribution in [1.29, 1.82) is 0 Å². The molecule has 5 rings (SSSR count). The number of pyridine rings is 1. The second-order valence-electron chi connectivity index (χ2n) is 10.6. The average molecular weight is 558 g/mol. The summed E-state index contributed by atoms with van der Waals surface area (Å²) < 4.78 is 46.2. The standard InChI is InChI=1S/C30H34F3N3O2S/c1-4-35(25-9-6-5-7-10-25)28-23(15-22(17-34-28)26-11-8-12-39-26)18-36-20(3)27(38-29(36)37)21-13-19(2)14-24(16-21)30(31,32)33/h8,11-17,20,25,27H,4-7,9-10,18H2,1-3H3/t20-,27?/m0/s1. The molecular weight excluding hydrogens is 523 g/mol. The third-order valence-electron chi connectivity index (χ3n) is 7.87. The summed E-state index contributed by atoms with van der Waals surface area (Å²) >= 11 is 1.63. The molecule has 39 heavy (non-hydrogen) atoms. The molecule has 1 saturated heterocycles. The number of rotatable bonds is 7. The van der Waals surface area contributed by atoms with Crippen molar-refractivity contribution in [3.05, 3.63) is 70.2 Å². The molecule has 3 heterocycles. The van der Waals surface area contributed by atoms with E-state index in [9.17, 15) is 18.0 Å². The summed E-state index contributed by atoms with van der Waals surface area (Å²) in [6.07, 6.45) is 1.95. The highest BCUT2D eigenvalue weighted by Crippen LogP contribution is 2.39. The van der Waals surface area contributed by atoms with Crippen LogP contribution >= 0.6 is 11.3 Å². The maximum atomic E-state index is 13.5. The predicted molar refractivity (Wildman–Crippen MR) is 148 cm³/mol. The van der Waals surface area contributed by atoms with Gasteiger partial charge in [-0.05, 0) is 68.8 Å². The highest BCUT2D eigenvalue weighted by molar-refractivity contribution is 7.13. The summed E-state index contributed by atoms with van der Waals surface area (Å²) in [7, 11) is 0. The third-order valence-corrected chi connectivity index (χ3v) is 8.78. The number of benzene rings is 1. The van der Waals surface area contributed by atoms with Crippen molar-refractivity contribution < 1.29 is 22.7 Å². The van der Waals surface area contributed by atoms with Crippen molar-refractivity contribution in [2.24, 2.45) is 0 Å². The van der Waals surface area contributed by atoms with E-state index in [-0.39, 0.29) is 6.54 Å². The van der Waals surface area contributed by atoms with Crippen LogP contribution in [-0.4, -0.2) is 34.6 Å². The normalized spacial score (nSPS) is 20.4. The molecule has 1 amide bonds. The Morgan fingerprint density at radius 2 is 1.92 bits per heavy atom. The van der Waals surface area contributed by atoms with Gasteiger partial charge in [-0.3, -0.25) is 4.90 Å². The number of halogens is 3. The Labute approximate surface area is 231 Å². The van der Waals surface area contributed by atoms with Gasteiger partial charge in [0, 0.05) is 34.8 Å². The highest BCUT2D eigenvalue weighted by atomic mass is 32.1. The third kappa shape index (κ3) is 5.78. The number of nitrogens with zero attached hydrogens (tertiary/aromatic N) is 3. The van der Waals surface area contributed by atoms with Crippen molar-refractivity contribution in [2.75, 3.05) is 11.4 Å². The van der Waals surface area contributed by atoms with E-state index in [1.807, 2.05) is 30.6 Å². The number of hydrogen-bond donors (Lipinski definition) is 0. The molecule has 1 aromatic carbocycles. The van der Waals surface area contributed by atoms with Crippen LogP contribution < -0.4 is 4.90 Å². The van der Waals surface area contributed by atoms with E-state index in [0.717, 1.165) is 53.3 Å². The van der Waals surface area contributed by atoms with Crippen molar-refractivity contribution in [3.63, 3.8) is 0 Å². The van der Waals surface area contributed by atoms with Gasteiger partial charge >= 0.3 is 12.3 Å². The first-order chi connectivity index (χ1) is 18.7. The lowest BCUT2D eigenvalue weighted by Crippen LogP contribution is -2.39. The molecule has 208 valence electrons. The average Bonchev–Trinajstić information content (AvgIpc) is 3.54. The number of aryl methyl sites for hydroxylation is 1. The van der Waals surface area contributed by atoms with Gasteiger partial charge in [0.1, 0.15) is 11.9 Å². The van der Waals surface area contributed by atoms with Crippen molar-refractivity contribution in [2.45, 2.75) is 83.8 Å². The molecule has 0 radical (unpaired) electrons. The Hall–Kier alpha value is -3.07. The van der Waals surface area contributed by atoms with Crippen LogP contribution in [0.2, 0.25) is 0 Å². The zero-order valence-electron chi connectivity index (χ0n) is 22.5. The molecule has 2 aliphatic rings. The topological polar surface area (TPSA) is 45.7 Å². The second kappa shape index (κ2) is 11.2. The van der Waals surface area contributed by atoms with Crippen molar-refractivity contribution in [1.82, 2.24) is 9.88 Å². The fourth-order valence-corrected chi connectivity index (χ4v) is 6.62. The quantitative estimate of drug-likeness (QED) is 0.293. The largest absolute Gasteiger partial charge is 0.439 e. The van der Waals surface area contributed by atoms with Gasteiger partial charge in [0.2, 0.25) is 0 Å². The highest BCUT2D eigenvalue weighted by Gasteiger charge is 2.41. The summed E-state index contributed by atoms with van der Waals surface area (Å²) in [6, 6.07) is 9.95. The molecule has 0 bridgehead atoms. The molecule has 9 heteroatoms. The van der Waals surface area contributed by atoms with Gasteiger partial charge in [-0.2, -0.15) is 13.2 Å². The van der Waals surface area contributed by atoms with Gasteiger partial charge in [-0.15, -0.1) is 11.3 Å². The molecular formula is C30H34F3N3O2S. The van der Waals surface area contributed by atoms with Gasteiger partial charge < -0.3 is 9.64 Å². The summed E-state index contributed by atoms with van der Waals surface area (Å²) in [5.41, 5.74) is 1.99. The van der Waals surface area contributed by atoms with E-state index in [1.165, 1.54) is 19.3 Å². The van der Waals surface area contributed by atoms with E-state index >= 15 is 0 Å². The fourth-order valence-electron chi connectivity index (χ4n) is 5.91. The van der Waals surface area contributed by atoms with Gasteiger partial charge in [-0.25, -0.2) is 9.78 Å². The predicted octanol–water partition coefficient (Wildman–Crippen LogP) is 8.38. The van der Waals surface area contributed by atoms with Crippen LogP contribution in [0.3, 0.4) is 0 Å². The van der Waals surface area contributed by atoms with Crippen LogP contribution in [0.15, 0.2) is 48.0 Å². The summed E-state index contributed by atoms with van der Waals surface area (Å²) in [5.74, 6) is 0.864. The van der Waals surface area contributed by atoms with Gasteiger partial charge in [0.25, 0.3) is 0 Å². The Morgan fingerprint density at radius 3 is 2.59 bits per heavy atom. The number of alkyl halides is 3. The minimum atomic E-state index is -4.47. The first kappa shape index (κ1) is 27.5. The maximum absolute atomic E-state index is 13.5. The number of cyclic esters (lactones) is 1. The lowest BCUT2D eigenvalue weighted by molar-refractivity contribution is -0.137. The first-order valence-electron chi connectivity index (χ1n) is 13.6. The van der Waals surface area contributed by atoms with E-state index in [4.69, 9.17) is 9.72 Å². The minimum absolute atomic E-state index is 0.263. The van der Waals surface area contributed by atoms with Crippen LogP contribution in [-0.2, 0) is 17.5 Å². The fraction of sp³-hybridized carbons (Fsp3) is 0.467. The summed E-state index contributed by atoms with van der Waals surface area (Å²) in [5, 5.41) is 2.02. The molecule has 3 aromatic rings. The van der Waals surface area contributed by atoms with Crippen LogP contribution in [0.1, 0.15) is 74.3 Å². The maximum Gasteiger partial charge on any atom is 0.416 e. The molecule has 2 aromatic heterocycles. The van der Waals surface area contributed by atoms with Gasteiger partial charge in [-0.1, -0.05) is 37.0 Å². The van der Waals surface area contributed by atoms with Crippen LogP contribution in [0, 0.1) is 6.92 Å². The second-order valence-corrected chi connectivity index (χ2v) is 11.5. The molecule has 1 aliphatic heterocycles. The molecule has 1 saturated carbocycles. The molecule has 2 atom stereocenters. The van der Waals surface area contributed by atoms with Crippen LogP contribution in [0.25, 0.3) is 10.4 Å². The summed E-state index contributed by atoms with van der Waals surface area (Å²) in [6.45, 7) is 6.65. The van der Waals surface area contributed by atoms with Crippen LogP contribution in [0.4, 0.5) is 23.8 Å². The first-order valence-corrected chi connectivity index (χ1v) is 14.5. The molecule has 1 unspecified atom stereocenters. The molecule has 2 fully saturated rings. The Balaban J connectivity index is 1.48. The number of amides is 1. The molecule has 0 N–H and O–H groups in total. The van der Waals surface area contributed by atoms with Crippen molar-refractivity contribution >= 4 is 23.2 Å². The number of aromatic nitrogens is 1. The number of anilines is 1. The lowest BCUT2D eigenvalue weighted by atomic mass is 9.93. The minimum Gasteiger partial charge on any atom is -0.439 e. The Bertz CT molecular complexity index is 1310. The lowest BCUT2D eigenvalue weighted by Gasteiger charge is -2.36. The number of carbonyl (C=O) groups is 1. The van der Waals surface area contributed by atoms with E-state index in [1.54, 1.807) is 29.2 Å². The van der Waals surface area contributed by atoms with Crippen LogP contribution in [0.5, 0.6) is 0 Å². The number of hydrogen-bond acceptors (Lipinski definition) is 5. The monoisotopic (exact) mass is 557 g/mol. The summed E-state index contributed by atoms with van der Waals surface area (Å²) in [4.78, 5) is 23.1. The van der Waals surface area contributed by atoms with Gasteiger partial charge in [0.05, 0.1) is 18.2 Å². The Kier molecular flexibility index (Phi) is 7.89. The Morgan fingerprint density at radius 1 is 1.15 bits per heavy atom. The molecule has 1 aliphatic carbocycles. The number of thiophene rings is 1. The molecule has 0 spiro atoms. The van der Waals surface area contributed by atoms with E-state index in [2.05, 4.69) is 17.9 Å². The molecule has 5 nitrogen and oxygen atoms in total. The van der Waals surface area contributed by atoms with Crippen molar-refractivity contribution in [3.8, 4) is 10.4 Å². The van der Waals surface area contributed by atoms with Gasteiger partial charge in [0.15, 0.2) is 0 Å². The van der Waals surface area contributed by atoms with E-state index < -0.39 is 30.0 Å².